The van der Waals surface area contributed by atoms with Gasteiger partial charge in [-0.15, -0.1) is 0 Å². The van der Waals surface area contributed by atoms with Gasteiger partial charge in [-0.3, -0.25) is 4.79 Å². The number of hydrogen-bond acceptors (Lipinski definition) is 8. The lowest BCUT2D eigenvalue weighted by atomic mass is 10.1. The highest BCUT2D eigenvalue weighted by atomic mass is 19.4. The van der Waals surface area contributed by atoms with Crippen LogP contribution in [0.5, 0.6) is 0 Å². The van der Waals surface area contributed by atoms with Gasteiger partial charge in [0.15, 0.2) is 5.84 Å². The quantitative estimate of drug-likeness (QED) is 0.166. The third kappa shape index (κ3) is 7.47. The van der Waals surface area contributed by atoms with Crippen molar-refractivity contribution in [3.63, 3.8) is 0 Å². The molecule has 0 spiro atoms. The maximum atomic E-state index is 13.2. The maximum Gasteiger partial charge on any atom is 0.418 e. The molecule has 0 bridgehead atoms. The Morgan fingerprint density at radius 1 is 1.15 bits per heavy atom. The molecule has 0 unspecified atom stereocenters. The summed E-state index contributed by atoms with van der Waals surface area (Å²) in [5.41, 5.74) is 12.4. The summed E-state index contributed by atoms with van der Waals surface area (Å²) in [6.45, 7) is 6.92. The Morgan fingerprint density at radius 3 is 2.52 bits per heavy atom. The number of alkyl halides is 3. The second-order valence-electron chi connectivity index (χ2n) is 9.26. The molecular formula is C27H32F3N9O. The van der Waals surface area contributed by atoms with Crippen molar-refractivity contribution in [3.8, 4) is 0 Å². The van der Waals surface area contributed by atoms with Gasteiger partial charge in [0.25, 0.3) is 5.91 Å². The number of carbonyl (C=O) groups excluding carboxylic acids is 1. The number of amides is 1. The predicted molar refractivity (Wildman–Crippen MR) is 153 cm³/mol. The predicted octanol–water partition coefficient (Wildman–Crippen LogP) is 4.23. The summed E-state index contributed by atoms with van der Waals surface area (Å²) in [5.74, 6) is -0.132. The van der Waals surface area contributed by atoms with Crippen LogP contribution in [0.4, 0.5) is 41.9 Å². The SMILES string of the molecule is C=CNc1cnc(N(C)CCN(C)C)nc1C(N)=Nc1cc(C(=O)Nc2ccc(N)c(C(F)(F)F)c2)ccc1C. The molecule has 13 heteroatoms. The molecule has 0 radical (unpaired) electrons. The minimum Gasteiger partial charge on any atom is -0.398 e. The average molecular weight is 556 g/mol. The number of nitrogens with two attached hydrogens (primary N) is 2. The molecule has 1 aromatic heterocycles. The number of nitrogens with zero attached hydrogens (tertiary/aromatic N) is 5. The van der Waals surface area contributed by atoms with Gasteiger partial charge in [0.1, 0.15) is 5.69 Å². The number of halogens is 3. The van der Waals surface area contributed by atoms with Crippen LogP contribution in [0, 0.1) is 6.92 Å². The van der Waals surface area contributed by atoms with Gasteiger partial charge in [-0.2, -0.15) is 13.2 Å². The minimum absolute atomic E-state index is 0.0521. The highest BCUT2D eigenvalue weighted by Crippen LogP contribution is 2.35. The molecule has 0 saturated heterocycles. The lowest BCUT2D eigenvalue weighted by Gasteiger charge is -2.20. The van der Waals surface area contributed by atoms with E-state index in [1.54, 1.807) is 19.2 Å². The van der Waals surface area contributed by atoms with Gasteiger partial charge < -0.3 is 31.9 Å². The Balaban J connectivity index is 1.92. The fourth-order valence-corrected chi connectivity index (χ4v) is 3.55. The fourth-order valence-electron chi connectivity index (χ4n) is 3.55. The van der Waals surface area contributed by atoms with E-state index in [0.29, 0.717) is 35.1 Å². The van der Waals surface area contributed by atoms with E-state index in [1.165, 1.54) is 24.4 Å². The molecule has 1 heterocycles. The van der Waals surface area contributed by atoms with Gasteiger partial charge in [-0.05, 0) is 63.1 Å². The highest BCUT2D eigenvalue weighted by Gasteiger charge is 2.33. The molecule has 3 rings (SSSR count). The number of nitrogen functional groups attached to an aromatic ring is 1. The van der Waals surface area contributed by atoms with E-state index < -0.39 is 23.3 Å². The van der Waals surface area contributed by atoms with Crippen molar-refractivity contribution in [2.24, 2.45) is 10.7 Å². The summed E-state index contributed by atoms with van der Waals surface area (Å²) in [7, 11) is 5.80. The Kier molecular flexibility index (Phi) is 9.32. The summed E-state index contributed by atoms with van der Waals surface area (Å²) >= 11 is 0. The molecule has 0 atom stereocenters. The maximum absolute atomic E-state index is 13.2. The van der Waals surface area contributed by atoms with E-state index in [1.807, 2.05) is 30.9 Å². The number of aromatic nitrogens is 2. The largest absolute Gasteiger partial charge is 0.418 e. The summed E-state index contributed by atoms with van der Waals surface area (Å²) in [6, 6.07) is 7.86. The number of likely N-dealkylation sites (N-methyl/N-ethyl adjacent to an activating group) is 2. The molecule has 0 fully saturated rings. The minimum atomic E-state index is -4.66. The first-order valence-electron chi connectivity index (χ1n) is 12.1. The molecule has 0 aliphatic rings. The first-order chi connectivity index (χ1) is 18.8. The van der Waals surface area contributed by atoms with Gasteiger partial charge in [0, 0.05) is 37.1 Å². The van der Waals surface area contributed by atoms with E-state index in [9.17, 15) is 18.0 Å². The van der Waals surface area contributed by atoms with Crippen molar-refractivity contribution in [2.45, 2.75) is 13.1 Å². The molecule has 0 saturated carbocycles. The van der Waals surface area contributed by atoms with Crippen LogP contribution in [-0.2, 0) is 6.18 Å². The standard InChI is InChI=1S/C27H32F3N9O/c1-6-33-22-15-34-26(39(5)12-11-38(3)4)37-23(22)24(32)36-21-13-17(8-7-16(21)2)25(40)35-18-9-10-20(31)19(14-18)27(28,29)30/h6-10,13-15,33H,1,11-12,31H2,2-5H3,(H2,32,36)(H,35,40). The van der Waals surface area contributed by atoms with Crippen LogP contribution >= 0.6 is 0 Å². The van der Waals surface area contributed by atoms with Crippen molar-refractivity contribution < 1.29 is 18.0 Å². The van der Waals surface area contributed by atoms with Gasteiger partial charge >= 0.3 is 6.18 Å². The van der Waals surface area contributed by atoms with Crippen molar-refractivity contribution in [1.29, 1.82) is 0 Å². The number of anilines is 4. The highest BCUT2D eigenvalue weighted by molar-refractivity contribution is 6.06. The Bertz CT molecular complexity index is 1420. The van der Waals surface area contributed by atoms with Crippen molar-refractivity contribution in [3.05, 3.63) is 77.8 Å². The molecule has 40 heavy (non-hydrogen) atoms. The second-order valence-corrected chi connectivity index (χ2v) is 9.26. The molecule has 2 aromatic carbocycles. The molecule has 0 aliphatic carbocycles. The van der Waals surface area contributed by atoms with Crippen LogP contribution in [0.1, 0.15) is 27.2 Å². The van der Waals surface area contributed by atoms with Crippen LogP contribution in [-0.4, -0.2) is 60.8 Å². The normalized spacial score (nSPS) is 11.8. The fraction of sp³-hybridized carbons (Fsp3) is 0.259. The van der Waals surface area contributed by atoms with Crippen LogP contribution < -0.4 is 27.0 Å². The topological polar surface area (TPSA) is 138 Å². The number of nitrogens with one attached hydrogen (secondary N) is 2. The number of carbonyl (C=O) groups is 1. The van der Waals surface area contributed by atoms with Crippen LogP contribution in [0.3, 0.4) is 0 Å². The Hall–Kier alpha value is -4.65. The number of rotatable bonds is 10. The number of aryl methyl sites for hydroxylation is 1. The lowest BCUT2D eigenvalue weighted by Crippen LogP contribution is -2.30. The van der Waals surface area contributed by atoms with Gasteiger partial charge in [0.05, 0.1) is 23.1 Å². The monoisotopic (exact) mass is 555 g/mol. The molecule has 3 aromatic rings. The van der Waals surface area contributed by atoms with E-state index >= 15 is 0 Å². The second kappa shape index (κ2) is 12.5. The third-order valence-corrected chi connectivity index (χ3v) is 5.83. The molecule has 10 nitrogen and oxygen atoms in total. The summed E-state index contributed by atoms with van der Waals surface area (Å²) < 4.78 is 39.7. The number of amidine groups is 1. The van der Waals surface area contributed by atoms with Crippen LogP contribution in [0.2, 0.25) is 0 Å². The number of aliphatic imine (C=N–C) groups is 1. The van der Waals surface area contributed by atoms with Crippen molar-refractivity contribution in [2.75, 3.05) is 55.5 Å². The molecule has 1 amide bonds. The Labute approximate surface area is 230 Å². The van der Waals surface area contributed by atoms with Gasteiger partial charge in [-0.1, -0.05) is 12.6 Å². The third-order valence-electron chi connectivity index (χ3n) is 5.83. The zero-order chi connectivity index (χ0) is 29.6. The zero-order valence-corrected chi connectivity index (χ0v) is 22.7. The number of benzene rings is 2. The van der Waals surface area contributed by atoms with Crippen molar-refractivity contribution in [1.82, 2.24) is 14.9 Å². The van der Waals surface area contributed by atoms with Gasteiger partial charge in [0.2, 0.25) is 5.95 Å². The average Bonchev–Trinajstić information content (AvgIpc) is 2.89. The summed E-state index contributed by atoms with van der Waals surface area (Å²) in [5, 5.41) is 5.42. The molecule has 6 N–H and O–H groups in total. The number of hydrogen-bond donors (Lipinski definition) is 4. The first kappa shape index (κ1) is 29.9. The first-order valence-corrected chi connectivity index (χ1v) is 12.1. The lowest BCUT2D eigenvalue weighted by molar-refractivity contribution is -0.136. The van der Waals surface area contributed by atoms with Crippen LogP contribution in [0.25, 0.3) is 0 Å². The van der Waals surface area contributed by atoms with E-state index in [0.717, 1.165) is 18.7 Å². The summed E-state index contributed by atoms with van der Waals surface area (Å²) in [4.78, 5) is 30.3. The summed E-state index contributed by atoms with van der Waals surface area (Å²) in [6.07, 6.45) is -1.62. The molecule has 0 aliphatic heterocycles. The molecular weight excluding hydrogens is 523 g/mol. The smallest absolute Gasteiger partial charge is 0.398 e. The van der Waals surface area contributed by atoms with E-state index in [2.05, 4.69) is 32.2 Å². The van der Waals surface area contributed by atoms with Gasteiger partial charge in [-0.25, -0.2) is 15.0 Å². The molecule has 212 valence electrons. The van der Waals surface area contributed by atoms with E-state index in [-0.39, 0.29) is 17.1 Å². The zero-order valence-electron chi connectivity index (χ0n) is 22.7. The van der Waals surface area contributed by atoms with Crippen LogP contribution in [0.15, 0.2) is 60.4 Å². The van der Waals surface area contributed by atoms with E-state index in [4.69, 9.17) is 11.5 Å². The van der Waals surface area contributed by atoms with Crippen molar-refractivity contribution >= 4 is 40.4 Å². The Morgan fingerprint density at radius 2 is 1.88 bits per heavy atom.